The van der Waals surface area contributed by atoms with E-state index in [4.69, 9.17) is 0 Å². The molecular formula is C30H18Br2N2O2. The number of rotatable bonds is 2. The molecule has 0 amide bonds. The van der Waals surface area contributed by atoms with Crippen molar-refractivity contribution in [2.24, 2.45) is 0 Å². The highest BCUT2D eigenvalue weighted by atomic mass is 79.9. The van der Waals surface area contributed by atoms with Crippen molar-refractivity contribution in [3.63, 3.8) is 0 Å². The second kappa shape index (κ2) is 7.88. The van der Waals surface area contributed by atoms with Crippen LogP contribution < -0.4 is 0 Å². The molecule has 0 unspecified atom stereocenters. The number of aromatic nitrogens is 2. The Kier molecular flexibility index (Phi) is 4.72. The zero-order valence-corrected chi connectivity index (χ0v) is 21.9. The van der Waals surface area contributed by atoms with Crippen LogP contribution in [0, 0.1) is 0 Å². The van der Waals surface area contributed by atoms with Crippen LogP contribution in [0.15, 0.2) is 93.9 Å². The van der Waals surface area contributed by atoms with Crippen LogP contribution in [0.4, 0.5) is 0 Å². The molecule has 6 heteroatoms. The summed E-state index contributed by atoms with van der Waals surface area (Å²) in [5, 5.41) is 26.0. The fourth-order valence-corrected chi connectivity index (χ4v) is 6.10. The molecule has 0 aliphatic heterocycles. The van der Waals surface area contributed by atoms with E-state index in [-0.39, 0.29) is 11.5 Å². The molecule has 0 saturated carbocycles. The number of aromatic amines is 2. The first-order chi connectivity index (χ1) is 17.5. The lowest BCUT2D eigenvalue weighted by Crippen LogP contribution is -1.90. The maximum atomic E-state index is 11.0. The normalized spacial score (nSPS) is 11.8. The summed E-state index contributed by atoms with van der Waals surface area (Å²) in [6, 6.07) is 27.2. The Labute approximate surface area is 222 Å². The number of fused-ring (bicyclic) bond motifs is 6. The molecule has 0 radical (unpaired) electrons. The minimum Gasteiger partial charge on any atom is -0.507 e. The number of hydrogen-bond acceptors (Lipinski definition) is 2. The Morgan fingerprint density at radius 3 is 1.36 bits per heavy atom. The molecule has 174 valence electrons. The molecule has 0 aliphatic rings. The van der Waals surface area contributed by atoms with Crippen LogP contribution in [-0.4, -0.2) is 20.2 Å². The summed E-state index contributed by atoms with van der Waals surface area (Å²) in [5.74, 6) is 0.416. The number of phenols is 2. The van der Waals surface area contributed by atoms with E-state index in [1.807, 2.05) is 60.7 Å². The fraction of sp³-hybridized carbons (Fsp3) is 0. The topological polar surface area (TPSA) is 72.0 Å². The third-order valence-electron chi connectivity index (χ3n) is 6.87. The molecule has 0 aliphatic carbocycles. The van der Waals surface area contributed by atoms with E-state index < -0.39 is 0 Å². The van der Waals surface area contributed by atoms with Crippen LogP contribution in [0.25, 0.3) is 65.9 Å². The predicted molar refractivity (Wildman–Crippen MR) is 155 cm³/mol. The summed E-state index contributed by atoms with van der Waals surface area (Å²) >= 11 is 7.29. The summed E-state index contributed by atoms with van der Waals surface area (Å²) in [6.07, 6.45) is 0. The van der Waals surface area contributed by atoms with Crippen LogP contribution in [0.1, 0.15) is 0 Å². The maximum absolute atomic E-state index is 11.0. The Morgan fingerprint density at radius 2 is 0.944 bits per heavy atom. The van der Waals surface area contributed by atoms with Gasteiger partial charge >= 0.3 is 0 Å². The van der Waals surface area contributed by atoms with Crippen LogP contribution in [-0.2, 0) is 0 Å². The van der Waals surface area contributed by atoms with E-state index in [2.05, 4.69) is 54.0 Å². The van der Waals surface area contributed by atoms with Gasteiger partial charge in [0.2, 0.25) is 0 Å². The van der Waals surface area contributed by atoms with Crippen molar-refractivity contribution in [2.45, 2.75) is 0 Å². The summed E-state index contributed by atoms with van der Waals surface area (Å²) in [7, 11) is 0. The van der Waals surface area contributed by atoms with Crippen molar-refractivity contribution in [2.75, 3.05) is 0 Å². The molecule has 2 aromatic heterocycles. The average molecular weight is 598 g/mol. The van der Waals surface area contributed by atoms with Crippen molar-refractivity contribution < 1.29 is 10.2 Å². The monoisotopic (exact) mass is 596 g/mol. The third-order valence-corrected chi connectivity index (χ3v) is 7.85. The van der Waals surface area contributed by atoms with E-state index in [0.717, 1.165) is 74.8 Å². The molecule has 0 fully saturated rings. The van der Waals surface area contributed by atoms with E-state index in [1.54, 1.807) is 12.1 Å². The van der Waals surface area contributed by atoms with Crippen molar-refractivity contribution in [3.8, 4) is 33.8 Å². The SMILES string of the molecule is Oc1ccccc1-c1c2[nH]c3ccc(Br)cc3c2c(-c2ccccc2O)c2[nH]c3ccc(Br)cc3c12. The number of nitrogens with one attached hydrogen (secondary N) is 2. The number of para-hydroxylation sites is 2. The predicted octanol–water partition coefficient (Wildman–Crippen LogP) is 9.23. The number of benzene rings is 5. The van der Waals surface area contributed by atoms with Gasteiger partial charge in [0.05, 0.1) is 11.0 Å². The first-order valence-corrected chi connectivity index (χ1v) is 13.0. The van der Waals surface area contributed by atoms with Gasteiger partial charge in [-0.3, -0.25) is 0 Å². The lowest BCUT2D eigenvalue weighted by Gasteiger charge is -2.15. The van der Waals surface area contributed by atoms with Crippen LogP contribution in [0.5, 0.6) is 11.5 Å². The van der Waals surface area contributed by atoms with Crippen molar-refractivity contribution in [1.29, 1.82) is 0 Å². The first-order valence-electron chi connectivity index (χ1n) is 11.5. The standard InChI is InChI=1S/C30H18Br2N2O2/c31-15-9-11-21-19(13-15)27-25(17-5-1-3-7-23(17)35)29-28(20-14-16(32)10-12-22(20)33-29)26(30(27)34-21)18-6-2-4-8-24(18)36/h1-14,33-36H. The summed E-state index contributed by atoms with van der Waals surface area (Å²) in [4.78, 5) is 7.30. The summed E-state index contributed by atoms with van der Waals surface area (Å²) in [5.41, 5.74) is 7.04. The molecular weight excluding hydrogens is 580 g/mol. The smallest absolute Gasteiger partial charge is 0.123 e. The Bertz CT molecular complexity index is 1860. The van der Waals surface area contributed by atoms with Crippen LogP contribution >= 0.6 is 31.9 Å². The second-order valence-corrected chi connectivity index (χ2v) is 10.7. The largest absolute Gasteiger partial charge is 0.507 e. The van der Waals surface area contributed by atoms with E-state index in [9.17, 15) is 10.2 Å². The molecule has 2 heterocycles. The Morgan fingerprint density at radius 1 is 0.528 bits per heavy atom. The molecule has 7 aromatic rings. The molecule has 4 N–H and O–H groups in total. The van der Waals surface area contributed by atoms with Gasteiger partial charge in [-0.05, 0) is 48.5 Å². The van der Waals surface area contributed by atoms with Crippen LogP contribution in [0.3, 0.4) is 0 Å². The zero-order valence-electron chi connectivity index (χ0n) is 18.7. The van der Waals surface area contributed by atoms with Crippen LogP contribution in [0.2, 0.25) is 0 Å². The first kappa shape index (κ1) is 21.5. The van der Waals surface area contributed by atoms with Gasteiger partial charge in [-0.1, -0.05) is 68.3 Å². The number of phenolic OH excluding ortho intramolecular Hbond substituents is 2. The lowest BCUT2D eigenvalue weighted by molar-refractivity contribution is 0.477. The number of aromatic hydroxyl groups is 2. The quantitative estimate of drug-likeness (QED) is 0.160. The fourth-order valence-electron chi connectivity index (χ4n) is 5.38. The maximum Gasteiger partial charge on any atom is 0.123 e. The van der Waals surface area contributed by atoms with E-state index in [1.165, 1.54) is 0 Å². The van der Waals surface area contributed by atoms with Gasteiger partial charge in [0, 0.05) is 63.8 Å². The second-order valence-electron chi connectivity index (χ2n) is 8.91. The van der Waals surface area contributed by atoms with Gasteiger partial charge in [-0.15, -0.1) is 0 Å². The Hall–Kier alpha value is -3.74. The van der Waals surface area contributed by atoms with Gasteiger partial charge in [0.1, 0.15) is 11.5 Å². The minimum atomic E-state index is 0.208. The average Bonchev–Trinajstić information content (AvgIpc) is 3.42. The van der Waals surface area contributed by atoms with E-state index in [0.29, 0.717) is 0 Å². The molecule has 5 aromatic carbocycles. The zero-order chi connectivity index (χ0) is 24.6. The van der Waals surface area contributed by atoms with Crippen molar-refractivity contribution in [1.82, 2.24) is 9.97 Å². The lowest BCUT2D eigenvalue weighted by atomic mass is 9.89. The van der Waals surface area contributed by atoms with Crippen molar-refractivity contribution >= 4 is 75.5 Å². The number of halogens is 2. The molecule has 0 bridgehead atoms. The minimum absolute atomic E-state index is 0.208. The highest BCUT2D eigenvalue weighted by Gasteiger charge is 2.25. The molecule has 7 rings (SSSR count). The van der Waals surface area contributed by atoms with E-state index >= 15 is 0 Å². The van der Waals surface area contributed by atoms with Gasteiger partial charge in [0.25, 0.3) is 0 Å². The van der Waals surface area contributed by atoms with Crippen molar-refractivity contribution in [3.05, 3.63) is 93.9 Å². The highest BCUT2D eigenvalue weighted by molar-refractivity contribution is 9.10. The Balaban J connectivity index is 1.85. The highest BCUT2D eigenvalue weighted by Crippen LogP contribution is 2.51. The third kappa shape index (κ3) is 3.04. The molecule has 0 spiro atoms. The van der Waals surface area contributed by atoms with Gasteiger partial charge in [0.15, 0.2) is 0 Å². The molecule has 36 heavy (non-hydrogen) atoms. The number of H-pyrrole nitrogens is 2. The molecule has 0 saturated heterocycles. The molecule has 0 atom stereocenters. The summed E-state index contributed by atoms with van der Waals surface area (Å²) < 4.78 is 1.92. The summed E-state index contributed by atoms with van der Waals surface area (Å²) in [6.45, 7) is 0. The van der Waals surface area contributed by atoms with Gasteiger partial charge in [-0.25, -0.2) is 0 Å². The van der Waals surface area contributed by atoms with Gasteiger partial charge < -0.3 is 20.2 Å². The molecule has 4 nitrogen and oxygen atoms in total. The van der Waals surface area contributed by atoms with Gasteiger partial charge in [-0.2, -0.15) is 0 Å². The number of hydrogen-bond donors (Lipinski definition) is 4.